The highest BCUT2D eigenvalue weighted by Crippen LogP contribution is 2.21. The van der Waals surface area contributed by atoms with Crippen LogP contribution in [0, 0.1) is 6.92 Å². The normalized spacial score (nSPS) is 17.3. The van der Waals surface area contributed by atoms with Gasteiger partial charge in [0.05, 0.1) is 12.2 Å². The Morgan fingerprint density at radius 3 is 2.92 bits per heavy atom. The van der Waals surface area contributed by atoms with Crippen molar-refractivity contribution in [3.63, 3.8) is 0 Å². The third-order valence-corrected chi connectivity index (χ3v) is 5.28. The maximum absolute atomic E-state index is 12.5. The molecule has 0 radical (unpaired) electrons. The van der Waals surface area contributed by atoms with Crippen molar-refractivity contribution in [3.8, 4) is 0 Å². The molecule has 0 aromatic carbocycles. The SMILES string of the molecule is Cc1nc(CNC(=O)c2cc3n(n2)CCCN(C)C3)nc2c1CCCC2. The van der Waals surface area contributed by atoms with Crippen LogP contribution in [0.3, 0.4) is 0 Å². The van der Waals surface area contributed by atoms with Crippen molar-refractivity contribution < 1.29 is 4.79 Å². The molecule has 1 amide bonds. The summed E-state index contributed by atoms with van der Waals surface area (Å²) in [5, 5.41) is 7.41. The Kier molecular flexibility index (Phi) is 4.72. The predicted octanol–water partition coefficient (Wildman–Crippen LogP) is 1.63. The Balaban J connectivity index is 1.45. The number of nitrogens with zero attached hydrogens (tertiary/aromatic N) is 5. The first-order valence-corrected chi connectivity index (χ1v) is 9.49. The summed E-state index contributed by atoms with van der Waals surface area (Å²) in [4.78, 5) is 24.0. The highest BCUT2D eigenvalue weighted by Gasteiger charge is 2.19. The number of hydrogen-bond donors (Lipinski definition) is 1. The smallest absolute Gasteiger partial charge is 0.272 e. The van der Waals surface area contributed by atoms with Crippen LogP contribution in [0.25, 0.3) is 0 Å². The molecule has 138 valence electrons. The van der Waals surface area contributed by atoms with Gasteiger partial charge in [0.15, 0.2) is 5.69 Å². The number of aromatic nitrogens is 4. The van der Waals surface area contributed by atoms with Crippen LogP contribution in [0.5, 0.6) is 0 Å². The second kappa shape index (κ2) is 7.15. The number of carbonyl (C=O) groups excluding carboxylic acids is 1. The highest BCUT2D eigenvalue weighted by atomic mass is 16.1. The molecular formula is C19H26N6O. The van der Waals surface area contributed by atoms with E-state index in [2.05, 4.69) is 32.3 Å². The van der Waals surface area contributed by atoms with Crippen molar-refractivity contribution in [2.75, 3.05) is 13.6 Å². The molecule has 0 fully saturated rings. The number of amides is 1. The van der Waals surface area contributed by atoms with Gasteiger partial charge < -0.3 is 10.2 Å². The molecule has 3 heterocycles. The summed E-state index contributed by atoms with van der Waals surface area (Å²) in [5.74, 6) is 0.532. The minimum absolute atomic E-state index is 0.160. The Morgan fingerprint density at radius 1 is 1.19 bits per heavy atom. The largest absolute Gasteiger partial charge is 0.343 e. The monoisotopic (exact) mass is 354 g/mol. The summed E-state index contributed by atoms with van der Waals surface area (Å²) >= 11 is 0. The number of carbonyl (C=O) groups is 1. The first kappa shape index (κ1) is 17.1. The maximum atomic E-state index is 12.5. The van der Waals surface area contributed by atoms with Gasteiger partial charge in [0, 0.05) is 31.0 Å². The van der Waals surface area contributed by atoms with Gasteiger partial charge in [-0.15, -0.1) is 0 Å². The van der Waals surface area contributed by atoms with Crippen molar-refractivity contribution >= 4 is 5.91 Å². The lowest BCUT2D eigenvalue weighted by molar-refractivity contribution is 0.0944. The molecule has 0 bridgehead atoms. The second-order valence-corrected chi connectivity index (χ2v) is 7.38. The molecule has 0 saturated carbocycles. The lowest BCUT2D eigenvalue weighted by Gasteiger charge is -2.17. The molecule has 0 saturated heterocycles. The van der Waals surface area contributed by atoms with Crippen LogP contribution in [0.2, 0.25) is 0 Å². The van der Waals surface area contributed by atoms with Crippen LogP contribution in [-0.4, -0.2) is 44.1 Å². The Hall–Kier alpha value is -2.28. The average molecular weight is 354 g/mol. The quantitative estimate of drug-likeness (QED) is 0.907. The number of fused-ring (bicyclic) bond motifs is 2. The van der Waals surface area contributed by atoms with Crippen molar-refractivity contribution in [3.05, 3.63) is 40.2 Å². The van der Waals surface area contributed by atoms with E-state index >= 15 is 0 Å². The molecule has 7 heteroatoms. The fraction of sp³-hybridized carbons (Fsp3) is 0.579. The molecule has 0 spiro atoms. The van der Waals surface area contributed by atoms with Crippen molar-refractivity contribution in [1.29, 1.82) is 0 Å². The van der Waals surface area contributed by atoms with Crippen molar-refractivity contribution in [2.24, 2.45) is 0 Å². The van der Waals surface area contributed by atoms with E-state index in [9.17, 15) is 4.79 Å². The predicted molar refractivity (Wildman–Crippen MR) is 97.8 cm³/mol. The number of rotatable bonds is 3. The fourth-order valence-corrected chi connectivity index (χ4v) is 3.91. The summed E-state index contributed by atoms with van der Waals surface area (Å²) in [6.45, 7) is 5.13. The molecule has 0 atom stereocenters. The first-order chi connectivity index (χ1) is 12.6. The zero-order valence-corrected chi connectivity index (χ0v) is 15.6. The topological polar surface area (TPSA) is 75.9 Å². The third kappa shape index (κ3) is 3.49. The van der Waals surface area contributed by atoms with Crippen molar-refractivity contribution in [2.45, 2.75) is 58.7 Å². The van der Waals surface area contributed by atoms with E-state index < -0.39 is 0 Å². The molecule has 2 aliphatic rings. The van der Waals surface area contributed by atoms with Crippen LogP contribution in [0.15, 0.2) is 6.07 Å². The number of nitrogens with one attached hydrogen (secondary N) is 1. The first-order valence-electron chi connectivity index (χ1n) is 9.49. The van der Waals surface area contributed by atoms with Crippen LogP contribution in [-0.2, 0) is 32.5 Å². The summed E-state index contributed by atoms with van der Waals surface area (Å²) in [5.41, 5.74) is 5.08. The van der Waals surface area contributed by atoms with Crippen molar-refractivity contribution in [1.82, 2.24) is 30.0 Å². The summed E-state index contributed by atoms with van der Waals surface area (Å²) in [6, 6.07) is 1.90. The molecule has 1 aliphatic carbocycles. The lowest BCUT2D eigenvalue weighted by atomic mass is 9.95. The van der Waals surface area contributed by atoms with Crippen LogP contribution < -0.4 is 5.32 Å². The highest BCUT2D eigenvalue weighted by molar-refractivity contribution is 5.92. The van der Waals surface area contributed by atoms with E-state index in [4.69, 9.17) is 0 Å². The van der Waals surface area contributed by atoms with Gasteiger partial charge in [-0.05, 0) is 57.7 Å². The van der Waals surface area contributed by atoms with Crippen LogP contribution in [0.4, 0.5) is 0 Å². The zero-order chi connectivity index (χ0) is 18.1. The van der Waals surface area contributed by atoms with Crippen LogP contribution >= 0.6 is 0 Å². The third-order valence-electron chi connectivity index (χ3n) is 5.28. The van der Waals surface area contributed by atoms with Gasteiger partial charge in [-0.3, -0.25) is 9.48 Å². The fourth-order valence-electron chi connectivity index (χ4n) is 3.91. The van der Waals surface area contributed by atoms with Gasteiger partial charge in [0.25, 0.3) is 5.91 Å². The molecule has 2 aromatic rings. The number of aryl methyl sites for hydroxylation is 3. The van der Waals surface area contributed by atoms with Crippen LogP contribution in [0.1, 0.15) is 58.2 Å². The van der Waals surface area contributed by atoms with E-state index in [1.54, 1.807) is 0 Å². The molecule has 26 heavy (non-hydrogen) atoms. The Bertz CT molecular complexity index is 828. The number of hydrogen-bond acceptors (Lipinski definition) is 5. The average Bonchev–Trinajstić information content (AvgIpc) is 2.94. The molecule has 2 aromatic heterocycles. The van der Waals surface area contributed by atoms with E-state index in [0.29, 0.717) is 18.1 Å². The van der Waals surface area contributed by atoms with Gasteiger partial charge in [0.1, 0.15) is 5.82 Å². The van der Waals surface area contributed by atoms with Gasteiger partial charge >= 0.3 is 0 Å². The molecule has 0 unspecified atom stereocenters. The Morgan fingerprint density at radius 2 is 2.04 bits per heavy atom. The minimum Gasteiger partial charge on any atom is -0.343 e. The van der Waals surface area contributed by atoms with E-state index in [-0.39, 0.29) is 5.91 Å². The van der Waals surface area contributed by atoms with E-state index in [1.807, 2.05) is 17.7 Å². The van der Waals surface area contributed by atoms with Gasteiger partial charge in [0.2, 0.25) is 0 Å². The molecule has 7 nitrogen and oxygen atoms in total. The van der Waals surface area contributed by atoms with Gasteiger partial charge in [-0.2, -0.15) is 5.10 Å². The molecule has 1 aliphatic heterocycles. The van der Waals surface area contributed by atoms with Gasteiger partial charge in [-0.1, -0.05) is 0 Å². The molecule has 4 rings (SSSR count). The van der Waals surface area contributed by atoms with E-state index in [1.165, 1.54) is 18.4 Å². The molecule has 1 N–H and O–H groups in total. The standard InChI is InChI=1S/C19H26N6O/c1-13-15-6-3-4-7-16(15)22-18(21-13)11-20-19(26)17-10-14-12-24(2)8-5-9-25(14)23-17/h10H,3-9,11-12H2,1-2H3,(H,20,26). The second-order valence-electron chi connectivity index (χ2n) is 7.38. The summed E-state index contributed by atoms with van der Waals surface area (Å²) in [6.07, 6.45) is 5.54. The Labute approximate surface area is 153 Å². The van der Waals surface area contributed by atoms with E-state index in [0.717, 1.165) is 56.0 Å². The molecular weight excluding hydrogens is 328 g/mol. The van der Waals surface area contributed by atoms with Gasteiger partial charge in [-0.25, -0.2) is 9.97 Å². The minimum atomic E-state index is -0.160. The lowest BCUT2D eigenvalue weighted by Crippen LogP contribution is -2.25. The summed E-state index contributed by atoms with van der Waals surface area (Å²) in [7, 11) is 2.10. The summed E-state index contributed by atoms with van der Waals surface area (Å²) < 4.78 is 1.96. The zero-order valence-electron chi connectivity index (χ0n) is 15.6. The maximum Gasteiger partial charge on any atom is 0.272 e.